The molecule has 27 heavy (non-hydrogen) atoms. The van der Waals surface area contributed by atoms with E-state index in [-0.39, 0.29) is 17.7 Å². The number of ketones is 1. The first kappa shape index (κ1) is 29.3. The molecule has 0 unspecified atom stereocenters. The predicted octanol–water partition coefficient (Wildman–Crippen LogP) is 0.582. The number of amides is 1. The van der Waals surface area contributed by atoms with Gasteiger partial charge in [-0.15, -0.1) is 0 Å². The normalized spacial score (nSPS) is 12.1. The van der Waals surface area contributed by atoms with Gasteiger partial charge in [-0.1, -0.05) is 41.5 Å². The molecule has 0 aliphatic carbocycles. The summed E-state index contributed by atoms with van der Waals surface area (Å²) in [5, 5.41) is 27.1. The molecule has 0 aliphatic rings. The fourth-order valence-corrected chi connectivity index (χ4v) is 1.26. The number of carbonyl (C=O) groups excluding carboxylic acids is 2. The summed E-state index contributed by atoms with van der Waals surface area (Å²) in [7, 11) is 0. The largest absolute Gasteiger partial charge is 0.480 e. The van der Waals surface area contributed by atoms with Crippen LogP contribution in [0.1, 0.15) is 48.5 Å². The van der Waals surface area contributed by atoms with Crippen LogP contribution >= 0.6 is 0 Å². The van der Waals surface area contributed by atoms with Crippen molar-refractivity contribution in [2.75, 3.05) is 0 Å². The molecule has 10 nitrogen and oxygen atoms in total. The highest BCUT2D eigenvalue weighted by Crippen LogP contribution is 2.00. The number of aliphatic carboxylic acids is 3. The summed E-state index contributed by atoms with van der Waals surface area (Å²) >= 11 is 0. The smallest absolute Gasteiger partial charge is 0.372 e. The molecule has 0 aromatic carbocycles. The number of carbonyl (C=O) groups is 5. The highest BCUT2D eigenvalue weighted by atomic mass is 16.4. The number of hydrogen-bond acceptors (Lipinski definition) is 6. The van der Waals surface area contributed by atoms with Crippen LogP contribution in [0.25, 0.3) is 0 Å². The highest BCUT2D eigenvalue weighted by molar-refractivity contribution is 6.33. The molecule has 0 rings (SSSR count). The second-order valence-corrected chi connectivity index (χ2v) is 6.69. The molecule has 10 heteroatoms. The standard InChI is InChI=1S/C7H13NO3.C5H11NO2.C5H8O3/c1-4(2)6(7(10)11)8-5(3)9;2*1-3(2)4(6)5(7)8/h4,6H,1-3H3,(H,8,9)(H,10,11);3-4H,6H2,1-2H3,(H,7,8);3H,1-2H3,(H,7,8)/t6-;4-;/m00./s1. The number of carboxylic acid groups (broad SMARTS) is 3. The third kappa shape index (κ3) is 16.7. The number of carboxylic acids is 3. The molecule has 158 valence electrons. The van der Waals surface area contributed by atoms with Crippen molar-refractivity contribution < 1.29 is 39.3 Å². The second-order valence-electron chi connectivity index (χ2n) is 6.69. The van der Waals surface area contributed by atoms with Gasteiger partial charge in [-0.2, -0.15) is 0 Å². The van der Waals surface area contributed by atoms with Crippen molar-refractivity contribution in [2.45, 2.75) is 60.5 Å². The fraction of sp³-hybridized carbons (Fsp3) is 0.706. The summed E-state index contributed by atoms with van der Waals surface area (Å²) in [6.07, 6.45) is 0. The Labute approximate surface area is 159 Å². The van der Waals surface area contributed by atoms with Gasteiger partial charge in [0.25, 0.3) is 0 Å². The maximum atomic E-state index is 10.5. The van der Waals surface area contributed by atoms with Crippen molar-refractivity contribution in [2.24, 2.45) is 23.5 Å². The highest BCUT2D eigenvalue weighted by Gasteiger charge is 2.21. The van der Waals surface area contributed by atoms with Crippen molar-refractivity contribution in [3.05, 3.63) is 0 Å². The van der Waals surface area contributed by atoms with Crippen molar-refractivity contribution >= 4 is 29.6 Å². The zero-order valence-corrected chi connectivity index (χ0v) is 16.8. The minimum absolute atomic E-state index is 0.0208. The fourth-order valence-electron chi connectivity index (χ4n) is 1.26. The average molecular weight is 392 g/mol. The first-order valence-corrected chi connectivity index (χ1v) is 8.31. The van der Waals surface area contributed by atoms with E-state index in [1.807, 2.05) is 0 Å². The van der Waals surface area contributed by atoms with Crippen LogP contribution in [0.15, 0.2) is 0 Å². The molecular weight excluding hydrogens is 360 g/mol. The van der Waals surface area contributed by atoms with Crippen LogP contribution in [0.3, 0.4) is 0 Å². The Morgan fingerprint density at radius 1 is 0.778 bits per heavy atom. The molecular formula is C17H32N2O8. The lowest BCUT2D eigenvalue weighted by Crippen LogP contribution is -2.43. The minimum Gasteiger partial charge on any atom is -0.480 e. The van der Waals surface area contributed by atoms with Gasteiger partial charge in [-0.25, -0.2) is 9.59 Å². The monoisotopic (exact) mass is 392 g/mol. The van der Waals surface area contributed by atoms with Crippen LogP contribution < -0.4 is 11.1 Å². The summed E-state index contributed by atoms with van der Waals surface area (Å²) in [5.74, 6) is -4.78. The van der Waals surface area contributed by atoms with E-state index in [2.05, 4.69) is 5.32 Å². The first-order valence-electron chi connectivity index (χ1n) is 8.31. The molecule has 0 saturated heterocycles. The number of rotatable bonds is 7. The van der Waals surface area contributed by atoms with Gasteiger partial charge in [0.15, 0.2) is 0 Å². The quantitative estimate of drug-likeness (QED) is 0.386. The summed E-state index contributed by atoms with van der Waals surface area (Å²) in [5.41, 5.74) is 5.16. The van der Waals surface area contributed by atoms with Gasteiger partial charge in [-0.05, 0) is 11.8 Å². The van der Waals surface area contributed by atoms with E-state index >= 15 is 0 Å². The Kier molecular flexibility index (Phi) is 15.9. The average Bonchev–Trinajstić information content (AvgIpc) is 2.51. The molecule has 0 heterocycles. The van der Waals surface area contributed by atoms with Gasteiger partial charge in [0.2, 0.25) is 11.7 Å². The molecule has 6 N–H and O–H groups in total. The SMILES string of the molecule is CC(=O)N[C@H](C(=O)O)C(C)C.CC(C)C(=O)C(=O)O.CC(C)[C@H](N)C(=O)O. The Balaban J connectivity index is -0.000000327. The van der Waals surface area contributed by atoms with Crippen LogP contribution in [0, 0.1) is 17.8 Å². The molecule has 0 fully saturated rings. The van der Waals surface area contributed by atoms with Gasteiger partial charge in [-0.3, -0.25) is 14.4 Å². The molecule has 0 saturated carbocycles. The summed E-state index contributed by atoms with van der Waals surface area (Å²) in [6, 6.07) is -1.48. The number of nitrogens with one attached hydrogen (secondary N) is 1. The van der Waals surface area contributed by atoms with E-state index in [4.69, 9.17) is 21.1 Å². The van der Waals surface area contributed by atoms with Gasteiger partial charge in [0.1, 0.15) is 12.1 Å². The van der Waals surface area contributed by atoms with Crippen molar-refractivity contribution in [1.29, 1.82) is 0 Å². The minimum atomic E-state index is -1.35. The van der Waals surface area contributed by atoms with Crippen molar-refractivity contribution in [1.82, 2.24) is 5.32 Å². The van der Waals surface area contributed by atoms with E-state index < -0.39 is 41.7 Å². The van der Waals surface area contributed by atoms with E-state index in [0.717, 1.165) is 0 Å². The summed E-state index contributed by atoms with van der Waals surface area (Å²) < 4.78 is 0. The molecule has 0 bridgehead atoms. The Morgan fingerprint density at radius 3 is 1.22 bits per heavy atom. The molecule has 0 aliphatic heterocycles. The van der Waals surface area contributed by atoms with Gasteiger partial charge >= 0.3 is 17.9 Å². The zero-order valence-electron chi connectivity index (χ0n) is 16.8. The molecule has 0 aromatic heterocycles. The van der Waals surface area contributed by atoms with Crippen LogP contribution in [0.2, 0.25) is 0 Å². The Morgan fingerprint density at radius 2 is 1.19 bits per heavy atom. The van der Waals surface area contributed by atoms with Crippen molar-refractivity contribution in [3.8, 4) is 0 Å². The molecule has 0 radical (unpaired) electrons. The lowest BCUT2D eigenvalue weighted by Gasteiger charge is -2.16. The molecule has 0 aromatic rings. The van der Waals surface area contributed by atoms with Crippen LogP contribution in [-0.2, 0) is 24.0 Å². The van der Waals surface area contributed by atoms with Crippen LogP contribution in [0.4, 0.5) is 0 Å². The lowest BCUT2D eigenvalue weighted by molar-refractivity contribution is -0.150. The van der Waals surface area contributed by atoms with Crippen LogP contribution in [0.5, 0.6) is 0 Å². The Bertz CT molecular complexity index is 515. The van der Waals surface area contributed by atoms with Gasteiger partial charge in [0.05, 0.1) is 0 Å². The van der Waals surface area contributed by atoms with E-state index in [9.17, 15) is 24.0 Å². The van der Waals surface area contributed by atoms with E-state index in [1.54, 1.807) is 41.5 Å². The second kappa shape index (κ2) is 14.7. The van der Waals surface area contributed by atoms with Crippen LogP contribution in [-0.4, -0.2) is 57.0 Å². The summed E-state index contributed by atoms with van der Waals surface area (Å²) in [4.78, 5) is 51.0. The predicted molar refractivity (Wildman–Crippen MR) is 98.0 cm³/mol. The topological polar surface area (TPSA) is 184 Å². The van der Waals surface area contributed by atoms with Crippen molar-refractivity contribution in [3.63, 3.8) is 0 Å². The number of hydrogen-bond donors (Lipinski definition) is 5. The number of Topliss-reactive ketones (excluding diaryl/α,β-unsaturated/α-hetero) is 1. The first-order chi connectivity index (χ1) is 12.1. The maximum Gasteiger partial charge on any atom is 0.372 e. The van der Waals surface area contributed by atoms with Gasteiger partial charge < -0.3 is 26.4 Å². The molecule has 1 amide bonds. The third-order valence-corrected chi connectivity index (χ3v) is 3.03. The maximum absolute atomic E-state index is 10.5. The third-order valence-electron chi connectivity index (χ3n) is 3.03. The number of nitrogens with two attached hydrogens (primary N) is 1. The lowest BCUT2D eigenvalue weighted by atomic mass is 10.1. The van der Waals surface area contributed by atoms with Gasteiger partial charge in [0, 0.05) is 12.8 Å². The molecule has 0 spiro atoms. The Hall–Kier alpha value is -2.49. The molecule has 2 atom stereocenters. The van der Waals surface area contributed by atoms with E-state index in [1.165, 1.54) is 6.92 Å². The van der Waals surface area contributed by atoms with E-state index in [0.29, 0.717) is 0 Å². The summed E-state index contributed by atoms with van der Waals surface area (Å²) in [6.45, 7) is 11.5. The zero-order chi connectivity index (χ0) is 22.5.